The average Bonchev–Trinajstić information content (AvgIpc) is 2.96. The number of rotatable bonds is 7. The van der Waals surface area contributed by atoms with Crippen molar-refractivity contribution in [3.8, 4) is 0 Å². The summed E-state index contributed by atoms with van der Waals surface area (Å²) in [6.07, 6.45) is 0.721. The van der Waals surface area contributed by atoms with Gasteiger partial charge in [-0.15, -0.1) is 0 Å². The summed E-state index contributed by atoms with van der Waals surface area (Å²) < 4.78 is 5.56. The summed E-state index contributed by atoms with van der Waals surface area (Å²) in [5, 5.41) is 10.9. The van der Waals surface area contributed by atoms with Crippen LogP contribution in [-0.2, 0) is 14.3 Å². The molecule has 2 aromatic carbocycles. The summed E-state index contributed by atoms with van der Waals surface area (Å²) in [6.45, 7) is 4.79. The molecule has 5 nitrogen and oxygen atoms in total. The first-order chi connectivity index (χ1) is 13.5. The fraction of sp³-hybridized carbons (Fsp3) is 0.304. The van der Waals surface area contributed by atoms with Crippen LogP contribution in [0.1, 0.15) is 37.4 Å². The van der Waals surface area contributed by atoms with Crippen molar-refractivity contribution in [2.45, 2.75) is 32.4 Å². The first kappa shape index (κ1) is 19.8. The molecule has 1 N–H and O–H groups in total. The number of carbonyl (C=O) groups is 2. The van der Waals surface area contributed by atoms with Crippen molar-refractivity contribution < 1.29 is 19.4 Å². The molecule has 146 valence electrons. The Bertz CT molecular complexity index is 859. The molecule has 0 aromatic heterocycles. The summed E-state index contributed by atoms with van der Waals surface area (Å²) >= 11 is 0. The lowest BCUT2D eigenvalue weighted by molar-refractivity contribution is -0.140. The largest absolute Gasteiger partial charge is 0.507 e. The summed E-state index contributed by atoms with van der Waals surface area (Å²) in [6, 6.07) is 17.6. The number of Topliss-reactive ketones (excluding diaryl/α,β-unsaturated/α-hetero) is 1. The summed E-state index contributed by atoms with van der Waals surface area (Å²) in [4.78, 5) is 27.1. The molecule has 0 radical (unpaired) electrons. The van der Waals surface area contributed by atoms with Crippen LogP contribution in [0, 0.1) is 0 Å². The highest BCUT2D eigenvalue weighted by Gasteiger charge is 2.45. The molecule has 2 aromatic rings. The van der Waals surface area contributed by atoms with Crippen LogP contribution in [0.3, 0.4) is 0 Å². The average molecular weight is 379 g/mol. The Morgan fingerprint density at radius 1 is 1.04 bits per heavy atom. The number of benzene rings is 2. The summed E-state index contributed by atoms with van der Waals surface area (Å²) in [5.74, 6) is -1.38. The Morgan fingerprint density at radius 3 is 2.25 bits per heavy atom. The van der Waals surface area contributed by atoms with Gasteiger partial charge in [-0.25, -0.2) is 0 Å². The summed E-state index contributed by atoms with van der Waals surface area (Å²) in [7, 11) is 0. The molecule has 5 heteroatoms. The maximum atomic E-state index is 12.8. The quantitative estimate of drug-likeness (QED) is 0.343. The minimum absolute atomic E-state index is 0.110. The highest BCUT2D eigenvalue weighted by Crippen LogP contribution is 2.39. The number of hydrogen-bond donors (Lipinski definition) is 1. The zero-order chi connectivity index (χ0) is 20.1. The number of aliphatic hydroxyl groups excluding tert-OH is 1. The van der Waals surface area contributed by atoms with Crippen LogP contribution in [0.2, 0.25) is 0 Å². The van der Waals surface area contributed by atoms with E-state index in [0.29, 0.717) is 25.1 Å². The minimum Gasteiger partial charge on any atom is -0.507 e. The van der Waals surface area contributed by atoms with Gasteiger partial charge >= 0.3 is 0 Å². The number of nitrogens with zero attached hydrogens (tertiary/aromatic N) is 1. The predicted molar refractivity (Wildman–Crippen MR) is 108 cm³/mol. The van der Waals surface area contributed by atoms with E-state index in [0.717, 1.165) is 5.56 Å². The van der Waals surface area contributed by atoms with Gasteiger partial charge in [-0.1, -0.05) is 60.7 Å². The highest BCUT2D eigenvalue weighted by atomic mass is 16.5. The predicted octanol–water partition coefficient (Wildman–Crippen LogP) is 3.92. The molecule has 1 aliphatic rings. The van der Waals surface area contributed by atoms with Crippen LogP contribution < -0.4 is 0 Å². The monoisotopic (exact) mass is 379 g/mol. The molecule has 0 bridgehead atoms. The Labute approximate surface area is 165 Å². The Kier molecular flexibility index (Phi) is 6.26. The van der Waals surface area contributed by atoms with Crippen LogP contribution in [0.5, 0.6) is 0 Å². The van der Waals surface area contributed by atoms with Gasteiger partial charge in [-0.05, 0) is 25.8 Å². The number of aliphatic hydroxyl groups is 1. The Morgan fingerprint density at radius 2 is 1.64 bits per heavy atom. The van der Waals surface area contributed by atoms with Crippen molar-refractivity contribution in [3.05, 3.63) is 77.4 Å². The standard InChI is InChI=1S/C23H25NO4/c1-16(2)28-15-9-14-24-20(17-10-5-3-6-11-17)19(22(26)23(24)27)21(25)18-12-7-4-8-13-18/h3-8,10-13,16,20,25H,9,14-15H2,1-2H3. The summed E-state index contributed by atoms with van der Waals surface area (Å²) in [5.41, 5.74) is 1.45. The first-order valence-electron chi connectivity index (χ1n) is 9.51. The second kappa shape index (κ2) is 8.85. The normalized spacial score (nSPS) is 18.8. The lowest BCUT2D eigenvalue weighted by Crippen LogP contribution is -2.31. The van der Waals surface area contributed by atoms with Crippen molar-refractivity contribution >= 4 is 17.4 Å². The molecule has 28 heavy (non-hydrogen) atoms. The lowest BCUT2D eigenvalue weighted by atomic mass is 9.95. The second-order valence-electron chi connectivity index (χ2n) is 7.04. The van der Waals surface area contributed by atoms with E-state index in [4.69, 9.17) is 4.74 Å². The van der Waals surface area contributed by atoms with E-state index in [2.05, 4.69) is 0 Å². The van der Waals surface area contributed by atoms with Gasteiger partial charge in [-0.3, -0.25) is 9.59 Å². The molecule has 1 fully saturated rings. The third kappa shape index (κ3) is 4.15. The van der Waals surface area contributed by atoms with Crippen molar-refractivity contribution in [1.82, 2.24) is 4.90 Å². The van der Waals surface area contributed by atoms with Crippen LogP contribution >= 0.6 is 0 Å². The minimum atomic E-state index is -0.653. The van der Waals surface area contributed by atoms with E-state index in [9.17, 15) is 14.7 Å². The van der Waals surface area contributed by atoms with E-state index >= 15 is 0 Å². The number of carbonyl (C=O) groups excluding carboxylic acids is 2. The van der Waals surface area contributed by atoms with E-state index < -0.39 is 17.7 Å². The second-order valence-corrected chi connectivity index (χ2v) is 7.04. The fourth-order valence-electron chi connectivity index (χ4n) is 3.40. The molecule has 0 spiro atoms. The zero-order valence-corrected chi connectivity index (χ0v) is 16.2. The number of ketones is 1. The van der Waals surface area contributed by atoms with Gasteiger partial charge in [0, 0.05) is 18.7 Å². The number of amides is 1. The van der Waals surface area contributed by atoms with E-state index in [1.807, 2.05) is 50.2 Å². The zero-order valence-electron chi connectivity index (χ0n) is 16.2. The van der Waals surface area contributed by atoms with Crippen LogP contribution in [0.4, 0.5) is 0 Å². The van der Waals surface area contributed by atoms with Crippen molar-refractivity contribution in [2.24, 2.45) is 0 Å². The van der Waals surface area contributed by atoms with E-state index in [-0.39, 0.29) is 17.4 Å². The van der Waals surface area contributed by atoms with Gasteiger partial charge in [0.15, 0.2) is 0 Å². The molecule has 1 amide bonds. The number of likely N-dealkylation sites (tertiary alicyclic amines) is 1. The number of ether oxygens (including phenoxy) is 1. The SMILES string of the molecule is CC(C)OCCCN1C(=O)C(=O)C(=C(O)c2ccccc2)C1c1ccccc1. The molecule has 0 saturated carbocycles. The molecule has 3 rings (SSSR count). The molecule has 1 atom stereocenters. The first-order valence-corrected chi connectivity index (χ1v) is 9.51. The lowest BCUT2D eigenvalue weighted by Gasteiger charge is -2.25. The molecular formula is C23H25NO4. The van der Waals surface area contributed by atoms with Crippen LogP contribution in [0.15, 0.2) is 66.2 Å². The van der Waals surface area contributed by atoms with Gasteiger partial charge in [0.1, 0.15) is 5.76 Å². The van der Waals surface area contributed by atoms with Crippen molar-refractivity contribution in [2.75, 3.05) is 13.2 Å². The maximum Gasteiger partial charge on any atom is 0.295 e. The van der Waals surface area contributed by atoms with Crippen molar-refractivity contribution in [3.63, 3.8) is 0 Å². The van der Waals surface area contributed by atoms with Crippen LogP contribution in [-0.4, -0.2) is 41.0 Å². The maximum absolute atomic E-state index is 12.8. The number of hydrogen-bond acceptors (Lipinski definition) is 4. The van der Waals surface area contributed by atoms with Gasteiger partial charge in [0.2, 0.25) is 0 Å². The van der Waals surface area contributed by atoms with E-state index in [1.54, 1.807) is 24.3 Å². The molecule has 1 saturated heterocycles. The molecule has 1 heterocycles. The smallest absolute Gasteiger partial charge is 0.295 e. The third-order valence-corrected chi connectivity index (χ3v) is 4.70. The topological polar surface area (TPSA) is 66.8 Å². The van der Waals surface area contributed by atoms with Gasteiger partial charge in [0.25, 0.3) is 11.7 Å². The van der Waals surface area contributed by atoms with Gasteiger partial charge in [-0.2, -0.15) is 0 Å². The Balaban J connectivity index is 1.99. The molecule has 1 aliphatic heterocycles. The van der Waals surface area contributed by atoms with Crippen molar-refractivity contribution in [1.29, 1.82) is 0 Å². The third-order valence-electron chi connectivity index (χ3n) is 4.70. The van der Waals surface area contributed by atoms with E-state index in [1.165, 1.54) is 4.90 Å². The van der Waals surface area contributed by atoms with Crippen LogP contribution in [0.25, 0.3) is 5.76 Å². The molecular weight excluding hydrogens is 354 g/mol. The Hall–Kier alpha value is -2.92. The highest BCUT2D eigenvalue weighted by molar-refractivity contribution is 6.46. The van der Waals surface area contributed by atoms with Gasteiger partial charge < -0.3 is 14.7 Å². The molecule has 0 aliphatic carbocycles. The fourth-order valence-corrected chi connectivity index (χ4v) is 3.40. The molecule has 1 unspecified atom stereocenters. The van der Waals surface area contributed by atoms with Gasteiger partial charge in [0.05, 0.1) is 17.7 Å².